The summed E-state index contributed by atoms with van der Waals surface area (Å²) in [7, 11) is 5.58. The molecule has 0 aromatic heterocycles. The van der Waals surface area contributed by atoms with Gasteiger partial charge in [-0.15, -0.1) is 0 Å². The summed E-state index contributed by atoms with van der Waals surface area (Å²) in [6.07, 6.45) is 0.00926. The maximum absolute atomic E-state index is 5.45. The molecule has 0 aromatic rings. The lowest BCUT2D eigenvalue weighted by atomic mass is 10.4. The monoisotopic (exact) mass is 144 g/mol. The summed E-state index contributed by atoms with van der Waals surface area (Å²) in [5.41, 5.74) is 0. The van der Waals surface area contributed by atoms with Crippen LogP contribution in [0.4, 0.5) is 0 Å². The van der Waals surface area contributed by atoms with Crippen molar-refractivity contribution in [1.82, 2.24) is 4.90 Å². The Morgan fingerprint density at radius 1 is 1.60 bits per heavy atom. The van der Waals surface area contributed by atoms with Gasteiger partial charge in [-0.05, 0) is 20.9 Å². The smallest absolute Gasteiger partial charge is 0.165 e. The average Bonchev–Trinajstić information content (AvgIpc) is 2.10. The molecule has 0 aliphatic carbocycles. The fourth-order valence-electron chi connectivity index (χ4n) is 0.885. The molecule has 3 nitrogen and oxygen atoms in total. The second kappa shape index (κ2) is 2.49. The van der Waals surface area contributed by atoms with Gasteiger partial charge in [-0.2, -0.15) is 0 Å². The van der Waals surface area contributed by atoms with E-state index in [1.165, 1.54) is 0 Å². The summed E-state index contributed by atoms with van der Waals surface area (Å²) in [6.45, 7) is 4.40. The van der Waals surface area contributed by atoms with Crippen LogP contribution in [0.3, 0.4) is 0 Å². The van der Waals surface area contributed by atoms with E-state index in [1.807, 2.05) is 20.9 Å². The lowest BCUT2D eigenvalue weighted by Gasteiger charge is -2.20. The van der Waals surface area contributed by atoms with E-state index in [0.29, 0.717) is 6.61 Å². The molecule has 59 valence electrons. The topological polar surface area (TPSA) is 21.7 Å². The van der Waals surface area contributed by atoms with Crippen LogP contribution in [-0.4, -0.2) is 30.6 Å². The molecule has 10 heavy (non-hydrogen) atoms. The van der Waals surface area contributed by atoms with E-state index >= 15 is 0 Å². The third kappa shape index (κ3) is 1.68. The predicted octanol–water partition coefficient (Wildman–Crippen LogP) is 0.819. The first-order valence-corrected chi connectivity index (χ1v) is 3.36. The highest BCUT2D eigenvalue weighted by atomic mass is 16.7. The lowest BCUT2D eigenvalue weighted by Crippen LogP contribution is -2.30. The summed E-state index contributed by atoms with van der Waals surface area (Å²) in [6, 6.07) is 0. The molecular weight excluding hydrogens is 130 g/mol. The number of likely N-dealkylation sites (N-methyl/N-ethyl adjacent to an activating group) is 1. The van der Waals surface area contributed by atoms with E-state index in [0.717, 1.165) is 0 Å². The van der Waals surface area contributed by atoms with Crippen molar-refractivity contribution < 1.29 is 9.47 Å². The maximum Gasteiger partial charge on any atom is 0.165 e. The fraction of sp³-hybridized carbons (Fsp3) is 0.857. The number of hydrogen-bond acceptors (Lipinski definition) is 3. The van der Waals surface area contributed by atoms with Crippen LogP contribution in [0.5, 0.6) is 0 Å². The highest BCUT2D eigenvalue weighted by molar-refractivity contribution is 4.69. The van der Waals surface area contributed by atoms with Crippen LogP contribution in [0, 0.1) is 7.05 Å². The number of nitrogens with zero attached hydrogens (tertiary/aromatic N) is 1. The molecule has 1 heterocycles. The van der Waals surface area contributed by atoms with Crippen molar-refractivity contribution in [2.45, 2.75) is 25.9 Å². The van der Waals surface area contributed by atoms with E-state index < -0.39 is 5.79 Å². The van der Waals surface area contributed by atoms with Gasteiger partial charge in [0.25, 0.3) is 0 Å². The molecule has 0 amide bonds. The first kappa shape index (κ1) is 7.98. The van der Waals surface area contributed by atoms with Crippen molar-refractivity contribution in [2.24, 2.45) is 0 Å². The Labute approximate surface area is 61.9 Å². The summed E-state index contributed by atoms with van der Waals surface area (Å²) in [5, 5.41) is 0. The molecule has 1 saturated heterocycles. The van der Waals surface area contributed by atoms with Gasteiger partial charge in [0.1, 0.15) is 6.23 Å². The van der Waals surface area contributed by atoms with E-state index in [-0.39, 0.29) is 6.23 Å². The van der Waals surface area contributed by atoms with Crippen molar-refractivity contribution in [2.75, 3.05) is 13.7 Å². The van der Waals surface area contributed by atoms with Crippen molar-refractivity contribution in [1.29, 1.82) is 0 Å². The number of rotatable bonds is 1. The normalized spacial score (nSPS) is 31.5. The Morgan fingerprint density at radius 2 is 2.20 bits per heavy atom. The SMILES string of the molecule is [CH2]N(C)[C@H]1COC(C)(C)O1. The molecule has 3 heteroatoms. The Balaban J connectivity index is 2.43. The number of ether oxygens (including phenoxy) is 2. The molecule has 1 aliphatic rings. The third-order valence-electron chi connectivity index (χ3n) is 1.48. The first-order valence-electron chi connectivity index (χ1n) is 3.36. The Morgan fingerprint density at radius 3 is 2.40 bits per heavy atom. The zero-order valence-corrected chi connectivity index (χ0v) is 6.76. The van der Waals surface area contributed by atoms with Gasteiger partial charge >= 0.3 is 0 Å². The molecule has 1 rings (SSSR count). The second-order valence-corrected chi connectivity index (χ2v) is 3.04. The third-order valence-corrected chi connectivity index (χ3v) is 1.48. The van der Waals surface area contributed by atoms with Crippen LogP contribution in [0.15, 0.2) is 0 Å². The summed E-state index contributed by atoms with van der Waals surface area (Å²) in [4.78, 5) is 1.76. The molecule has 1 aliphatic heterocycles. The number of hydrogen-bond donors (Lipinski definition) is 0. The summed E-state index contributed by atoms with van der Waals surface area (Å²) < 4.78 is 10.8. The van der Waals surface area contributed by atoms with Crippen molar-refractivity contribution >= 4 is 0 Å². The Kier molecular flexibility index (Phi) is 1.99. The van der Waals surface area contributed by atoms with Gasteiger partial charge in [-0.25, -0.2) is 0 Å². The molecule has 0 spiro atoms. The van der Waals surface area contributed by atoms with Crippen LogP contribution >= 0.6 is 0 Å². The zero-order valence-electron chi connectivity index (χ0n) is 6.76. The molecule has 1 atom stereocenters. The molecular formula is C7H14NO2. The average molecular weight is 144 g/mol. The van der Waals surface area contributed by atoms with Crippen LogP contribution in [0.25, 0.3) is 0 Å². The zero-order chi connectivity index (χ0) is 7.78. The minimum atomic E-state index is -0.434. The predicted molar refractivity (Wildman–Crippen MR) is 38.0 cm³/mol. The van der Waals surface area contributed by atoms with Gasteiger partial charge in [-0.3, -0.25) is 4.90 Å². The van der Waals surface area contributed by atoms with Gasteiger partial charge in [0.2, 0.25) is 0 Å². The van der Waals surface area contributed by atoms with E-state index in [2.05, 4.69) is 7.05 Å². The molecule has 1 radical (unpaired) electrons. The van der Waals surface area contributed by atoms with Gasteiger partial charge in [0.05, 0.1) is 6.61 Å². The Bertz CT molecular complexity index is 123. The maximum atomic E-state index is 5.45. The molecule has 0 N–H and O–H groups in total. The van der Waals surface area contributed by atoms with E-state index in [9.17, 15) is 0 Å². The fourth-order valence-corrected chi connectivity index (χ4v) is 0.885. The van der Waals surface area contributed by atoms with E-state index in [1.54, 1.807) is 4.90 Å². The van der Waals surface area contributed by atoms with Crippen LogP contribution in [0.2, 0.25) is 0 Å². The van der Waals surface area contributed by atoms with Gasteiger partial charge < -0.3 is 9.47 Å². The van der Waals surface area contributed by atoms with Crippen molar-refractivity contribution in [3.8, 4) is 0 Å². The minimum Gasteiger partial charge on any atom is -0.346 e. The summed E-state index contributed by atoms with van der Waals surface area (Å²) >= 11 is 0. The highest BCUT2D eigenvalue weighted by Gasteiger charge is 2.33. The largest absolute Gasteiger partial charge is 0.346 e. The molecule has 0 aromatic carbocycles. The standard InChI is InChI=1S/C7H14NO2/c1-7(2)9-5-6(10-7)8(3)4/h6H,3,5H2,1-2,4H3/t6-/m1/s1. The van der Waals surface area contributed by atoms with Crippen molar-refractivity contribution in [3.05, 3.63) is 7.05 Å². The minimum absolute atomic E-state index is 0.00926. The van der Waals surface area contributed by atoms with Crippen LogP contribution < -0.4 is 0 Å². The van der Waals surface area contributed by atoms with Gasteiger partial charge in [-0.1, -0.05) is 0 Å². The lowest BCUT2D eigenvalue weighted by molar-refractivity contribution is -0.152. The molecule has 0 saturated carbocycles. The first-order chi connectivity index (χ1) is 4.51. The van der Waals surface area contributed by atoms with E-state index in [4.69, 9.17) is 9.47 Å². The highest BCUT2D eigenvalue weighted by Crippen LogP contribution is 2.22. The Hall–Kier alpha value is -0.120. The van der Waals surface area contributed by atoms with Crippen molar-refractivity contribution in [3.63, 3.8) is 0 Å². The van der Waals surface area contributed by atoms with Crippen LogP contribution in [-0.2, 0) is 9.47 Å². The second-order valence-electron chi connectivity index (χ2n) is 3.04. The molecule has 0 unspecified atom stereocenters. The summed E-state index contributed by atoms with van der Waals surface area (Å²) in [5.74, 6) is -0.434. The van der Waals surface area contributed by atoms with Gasteiger partial charge in [0.15, 0.2) is 5.79 Å². The van der Waals surface area contributed by atoms with Crippen LogP contribution in [0.1, 0.15) is 13.8 Å². The molecule has 0 bridgehead atoms. The quantitative estimate of drug-likeness (QED) is 0.544. The molecule has 1 fully saturated rings. The van der Waals surface area contributed by atoms with Gasteiger partial charge in [0, 0.05) is 7.05 Å².